The van der Waals surface area contributed by atoms with E-state index in [1.54, 1.807) is 26.8 Å². The van der Waals surface area contributed by atoms with E-state index in [1.807, 2.05) is 80.6 Å². The Bertz CT molecular complexity index is 1480. The van der Waals surface area contributed by atoms with Gasteiger partial charge >= 0.3 is 12.1 Å². The van der Waals surface area contributed by atoms with Gasteiger partial charge in [-0.2, -0.15) is 0 Å². The van der Waals surface area contributed by atoms with Crippen LogP contribution in [0.1, 0.15) is 64.2 Å². The van der Waals surface area contributed by atoms with Crippen LogP contribution in [0.4, 0.5) is 10.5 Å². The number of anilines is 1. The molecule has 1 saturated heterocycles. The maximum absolute atomic E-state index is 13.7. The van der Waals surface area contributed by atoms with Crippen LogP contribution < -0.4 is 10.6 Å². The minimum absolute atomic E-state index is 0.121. The van der Waals surface area contributed by atoms with Crippen LogP contribution in [-0.4, -0.2) is 64.0 Å². The number of carboxylic acids is 1. The highest BCUT2D eigenvalue weighted by Gasteiger charge is 2.35. The number of alkyl carbamates (subject to hydrolysis) is 1. The number of carbonyl (C=O) groups excluding carboxylic acids is 2. The van der Waals surface area contributed by atoms with E-state index >= 15 is 0 Å². The Hall–Kier alpha value is -4.50. The molecular formula is C36H44N4O5. The normalized spacial score (nSPS) is 17.0. The summed E-state index contributed by atoms with van der Waals surface area (Å²) in [5.74, 6) is -1.60. The molecule has 0 bridgehead atoms. The first kappa shape index (κ1) is 33.4. The summed E-state index contributed by atoms with van der Waals surface area (Å²) in [6.07, 6.45) is 0.951. The molecule has 4 rings (SSSR count). The lowest BCUT2D eigenvalue weighted by Gasteiger charge is -2.29. The van der Waals surface area contributed by atoms with Gasteiger partial charge in [0.2, 0.25) is 5.91 Å². The number of aliphatic carboxylic acids is 1. The molecule has 1 aliphatic rings. The predicted molar refractivity (Wildman–Crippen MR) is 176 cm³/mol. The number of carboxylic acid groups (broad SMARTS) is 1. The van der Waals surface area contributed by atoms with Crippen molar-refractivity contribution in [3.63, 3.8) is 0 Å². The first-order valence-corrected chi connectivity index (χ1v) is 15.5. The zero-order chi connectivity index (χ0) is 32.6. The van der Waals surface area contributed by atoms with E-state index in [-0.39, 0.29) is 17.9 Å². The van der Waals surface area contributed by atoms with Crippen LogP contribution in [0, 0.1) is 5.92 Å². The minimum Gasteiger partial charge on any atom is -0.480 e. The summed E-state index contributed by atoms with van der Waals surface area (Å²) in [5.41, 5.74) is 2.57. The Kier molecular flexibility index (Phi) is 11.1. The molecule has 1 aliphatic heterocycles. The number of hydrogen-bond acceptors (Lipinski definition) is 6. The third-order valence-corrected chi connectivity index (χ3v) is 7.65. The number of likely N-dealkylation sites (tertiary alicyclic amines) is 1. The molecule has 3 atom stereocenters. The predicted octanol–water partition coefficient (Wildman–Crippen LogP) is 6.13. The van der Waals surface area contributed by atoms with Gasteiger partial charge in [-0.25, -0.2) is 9.59 Å². The molecular weight excluding hydrogens is 568 g/mol. The quantitative estimate of drug-likeness (QED) is 0.224. The van der Waals surface area contributed by atoms with Crippen molar-refractivity contribution in [1.29, 1.82) is 0 Å². The highest BCUT2D eigenvalue weighted by atomic mass is 16.6. The lowest BCUT2D eigenvalue weighted by atomic mass is 9.95. The van der Waals surface area contributed by atoms with Gasteiger partial charge < -0.3 is 20.5 Å². The number of amides is 2. The molecule has 45 heavy (non-hydrogen) atoms. The van der Waals surface area contributed by atoms with Gasteiger partial charge in [0.05, 0.1) is 23.5 Å². The second-order valence-electron chi connectivity index (χ2n) is 12.7. The SMILES string of the molecule is CC(C)[C@@H](NC(=O)OC(C)(C)C)[C@H](N=C(c1ccccc1)c1ccccc1NC(=O)[C@@H]1CCCN1Cc1ccccc1)C(=O)O. The molecule has 0 aromatic heterocycles. The van der Waals surface area contributed by atoms with Crippen molar-refractivity contribution >= 4 is 29.4 Å². The molecule has 9 nitrogen and oxygen atoms in total. The van der Waals surface area contributed by atoms with Gasteiger partial charge in [-0.05, 0) is 57.7 Å². The van der Waals surface area contributed by atoms with Crippen LogP contribution in [0.15, 0.2) is 89.9 Å². The second-order valence-corrected chi connectivity index (χ2v) is 12.7. The highest BCUT2D eigenvalue weighted by Crippen LogP contribution is 2.26. The van der Waals surface area contributed by atoms with Crippen molar-refractivity contribution in [3.8, 4) is 0 Å². The van der Waals surface area contributed by atoms with Gasteiger partial charge in [0.25, 0.3) is 0 Å². The number of hydrogen-bond donors (Lipinski definition) is 3. The standard InChI is InChI=1S/C36H44N4O5/c1-24(2)30(39-35(44)45-36(3,4)5)32(34(42)43)38-31(26-17-10-7-11-18-26)27-19-12-13-20-28(27)37-33(41)29-21-14-22-40(29)23-25-15-8-6-9-16-25/h6-13,15-20,24,29-30,32H,14,21-23H2,1-5H3,(H,37,41)(H,39,44)(H,42,43)/t29-,30+,32-/m0/s1. The highest BCUT2D eigenvalue weighted by molar-refractivity contribution is 6.17. The second kappa shape index (κ2) is 15.0. The first-order chi connectivity index (χ1) is 21.4. The molecule has 3 N–H and O–H groups in total. The first-order valence-electron chi connectivity index (χ1n) is 15.5. The smallest absolute Gasteiger partial charge is 0.407 e. The zero-order valence-electron chi connectivity index (χ0n) is 26.7. The van der Waals surface area contributed by atoms with E-state index in [9.17, 15) is 19.5 Å². The topological polar surface area (TPSA) is 120 Å². The van der Waals surface area contributed by atoms with Gasteiger partial charge in [0.15, 0.2) is 6.04 Å². The lowest BCUT2D eigenvalue weighted by Crippen LogP contribution is -2.50. The molecule has 3 aromatic rings. The summed E-state index contributed by atoms with van der Waals surface area (Å²) in [6.45, 7) is 10.4. The molecule has 2 amide bonds. The molecule has 0 spiro atoms. The van der Waals surface area contributed by atoms with E-state index in [2.05, 4.69) is 27.7 Å². The Morgan fingerprint density at radius 3 is 2.20 bits per heavy atom. The summed E-state index contributed by atoms with van der Waals surface area (Å²) in [4.78, 5) is 46.2. The monoisotopic (exact) mass is 612 g/mol. The number of nitrogens with zero attached hydrogens (tertiary/aromatic N) is 2. The fourth-order valence-corrected chi connectivity index (χ4v) is 5.52. The van der Waals surface area contributed by atoms with Crippen molar-refractivity contribution in [2.75, 3.05) is 11.9 Å². The van der Waals surface area contributed by atoms with Crippen molar-refractivity contribution < 1.29 is 24.2 Å². The summed E-state index contributed by atoms with van der Waals surface area (Å²) in [5, 5.41) is 16.3. The van der Waals surface area contributed by atoms with Crippen LogP contribution in [0.2, 0.25) is 0 Å². The van der Waals surface area contributed by atoms with E-state index in [0.717, 1.165) is 24.9 Å². The van der Waals surface area contributed by atoms with Gasteiger partial charge in [0.1, 0.15) is 5.60 Å². The van der Waals surface area contributed by atoms with Crippen molar-refractivity contribution in [2.24, 2.45) is 10.9 Å². The average molecular weight is 613 g/mol. The van der Waals surface area contributed by atoms with Gasteiger partial charge in [-0.3, -0.25) is 14.7 Å². The summed E-state index contributed by atoms with van der Waals surface area (Å²) in [7, 11) is 0. The van der Waals surface area contributed by atoms with Crippen LogP contribution in [0.5, 0.6) is 0 Å². The van der Waals surface area contributed by atoms with Gasteiger partial charge in [0, 0.05) is 17.7 Å². The molecule has 0 radical (unpaired) electrons. The van der Waals surface area contributed by atoms with Crippen LogP contribution in [0.25, 0.3) is 0 Å². The summed E-state index contributed by atoms with van der Waals surface area (Å²) < 4.78 is 5.44. The Morgan fingerprint density at radius 2 is 1.58 bits per heavy atom. The number of ether oxygens (including phenoxy) is 1. The fraction of sp³-hybridized carbons (Fsp3) is 0.389. The molecule has 9 heteroatoms. The number of benzene rings is 3. The van der Waals surface area contributed by atoms with Crippen LogP contribution in [0.3, 0.4) is 0 Å². The van der Waals surface area contributed by atoms with Crippen molar-refractivity contribution in [1.82, 2.24) is 10.2 Å². The number of para-hydroxylation sites is 1. The number of aliphatic imine (C=N–C) groups is 1. The average Bonchev–Trinajstić information content (AvgIpc) is 3.45. The third kappa shape index (κ3) is 9.25. The minimum atomic E-state index is -1.34. The van der Waals surface area contributed by atoms with E-state index in [0.29, 0.717) is 29.1 Å². The van der Waals surface area contributed by atoms with E-state index < -0.39 is 29.7 Å². The molecule has 0 unspecified atom stereocenters. The maximum atomic E-state index is 13.7. The van der Waals surface area contributed by atoms with E-state index in [4.69, 9.17) is 9.73 Å². The van der Waals surface area contributed by atoms with Gasteiger partial charge in [-0.15, -0.1) is 0 Å². The van der Waals surface area contributed by atoms with Crippen LogP contribution in [-0.2, 0) is 20.9 Å². The molecule has 1 heterocycles. The maximum Gasteiger partial charge on any atom is 0.407 e. The molecule has 0 aliphatic carbocycles. The van der Waals surface area contributed by atoms with Crippen LogP contribution >= 0.6 is 0 Å². The molecule has 1 fully saturated rings. The Morgan fingerprint density at radius 1 is 0.956 bits per heavy atom. The Labute approximate surface area is 265 Å². The van der Waals surface area contributed by atoms with Crippen molar-refractivity contribution in [2.45, 2.75) is 77.7 Å². The fourth-order valence-electron chi connectivity index (χ4n) is 5.52. The van der Waals surface area contributed by atoms with E-state index in [1.165, 1.54) is 0 Å². The Balaban J connectivity index is 1.69. The third-order valence-electron chi connectivity index (χ3n) is 7.65. The lowest BCUT2D eigenvalue weighted by molar-refractivity contribution is -0.139. The molecule has 0 saturated carbocycles. The number of carbonyl (C=O) groups is 3. The molecule has 238 valence electrons. The largest absolute Gasteiger partial charge is 0.480 e. The number of rotatable bonds is 11. The summed E-state index contributed by atoms with van der Waals surface area (Å²) in [6, 6.07) is 24.1. The van der Waals surface area contributed by atoms with Gasteiger partial charge in [-0.1, -0.05) is 92.7 Å². The summed E-state index contributed by atoms with van der Waals surface area (Å²) >= 11 is 0. The number of nitrogens with one attached hydrogen (secondary N) is 2. The van der Waals surface area contributed by atoms with Crippen molar-refractivity contribution in [3.05, 3.63) is 102 Å². The molecule has 3 aromatic carbocycles. The zero-order valence-corrected chi connectivity index (χ0v) is 26.7.